The Morgan fingerprint density at radius 1 is 1.29 bits per heavy atom. The van der Waals surface area contributed by atoms with E-state index in [1.165, 1.54) is 4.68 Å². The van der Waals surface area contributed by atoms with E-state index in [9.17, 15) is 9.59 Å². The maximum Gasteiger partial charge on any atom is 0.319 e. The van der Waals surface area contributed by atoms with Crippen LogP contribution in [0, 0.1) is 6.92 Å². The smallest absolute Gasteiger partial charge is 0.319 e. The Kier molecular flexibility index (Phi) is 5.81. The zero-order valence-electron chi connectivity index (χ0n) is 14.2. The lowest BCUT2D eigenvalue weighted by atomic mass is 10.2. The molecule has 24 heavy (non-hydrogen) atoms. The van der Waals surface area contributed by atoms with Crippen molar-refractivity contribution in [2.24, 2.45) is 7.05 Å². The third-order valence-corrected chi connectivity index (χ3v) is 4.10. The van der Waals surface area contributed by atoms with E-state index in [-0.39, 0.29) is 23.9 Å². The number of aromatic nitrogens is 2. The zero-order chi connectivity index (χ0) is 17.7. The van der Waals surface area contributed by atoms with Crippen molar-refractivity contribution in [2.75, 3.05) is 11.9 Å². The Morgan fingerprint density at radius 3 is 2.54 bits per heavy atom. The number of urea groups is 1. The molecule has 0 spiro atoms. The maximum atomic E-state index is 12.7. The van der Waals surface area contributed by atoms with Crippen molar-refractivity contribution in [1.29, 1.82) is 0 Å². The van der Waals surface area contributed by atoms with Crippen LogP contribution >= 0.6 is 0 Å². The number of nitrogens with zero attached hydrogens (tertiary/aromatic N) is 2. The quantitative estimate of drug-likeness (QED) is 0.753. The molecule has 0 fully saturated rings. The molecule has 7 nitrogen and oxygen atoms in total. The number of anilines is 1. The summed E-state index contributed by atoms with van der Waals surface area (Å²) in [6, 6.07) is 8.67. The van der Waals surface area contributed by atoms with Crippen molar-refractivity contribution in [1.82, 2.24) is 14.7 Å². The molecular formula is C17H24N4O3. The van der Waals surface area contributed by atoms with Gasteiger partial charge in [-0.2, -0.15) is 0 Å². The highest BCUT2D eigenvalue weighted by atomic mass is 16.3. The molecule has 1 aromatic heterocycles. The van der Waals surface area contributed by atoms with Gasteiger partial charge in [0.1, 0.15) is 5.69 Å². The zero-order valence-corrected chi connectivity index (χ0v) is 14.2. The fourth-order valence-corrected chi connectivity index (χ4v) is 2.58. The van der Waals surface area contributed by atoms with Crippen molar-refractivity contribution >= 4 is 11.7 Å². The number of aliphatic hydroxyl groups excluding tert-OH is 1. The van der Waals surface area contributed by atoms with Gasteiger partial charge in [-0.25, -0.2) is 9.48 Å². The van der Waals surface area contributed by atoms with E-state index in [1.807, 2.05) is 37.3 Å². The highest BCUT2D eigenvalue weighted by Gasteiger charge is 2.19. The van der Waals surface area contributed by atoms with Crippen LogP contribution in [0.4, 0.5) is 10.5 Å². The Hall–Kier alpha value is -2.54. The van der Waals surface area contributed by atoms with Gasteiger partial charge in [0.05, 0.1) is 11.4 Å². The SMILES string of the molecule is CCC(CCO)NC(=O)Nc1c(C)n(C)n(-c2ccccc2)c1=O. The summed E-state index contributed by atoms with van der Waals surface area (Å²) in [5.41, 5.74) is 1.35. The normalized spacial score (nSPS) is 12.0. The van der Waals surface area contributed by atoms with Crippen LogP contribution in [0.5, 0.6) is 0 Å². The predicted octanol–water partition coefficient (Wildman–Crippen LogP) is 1.77. The molecule has 0 saturated carbocycles. The number of rotatable bonds is 6. The van der Waals surface area contributed by atoms with Gasteiger partial charge in [-0.1, -0.05) is 25.1 Å². The van der Waals surface area contributed by atoms with Gasteiger partial charge >= 0.3 is 6.03 Å². The van der Waals surface area contributed by atoms with Gasteiger partial charge < -0.3 is 15.7 Å². The van der Waals surface area contributed by atoms with Gasteiger partial charge in [0.2, 0.25) is 0 Å². The number of carbonyl (C=O) groups is 1. The standard InChI is InChI=1S/C17H24N4O3/c1-4-13(10-11-22)18-17(24)19-15-12(2)20(3)21(16(15)23)14-8-6-5-7-9-14/h5-9,13,22H,4,10-11H2,1-3H3,(H2,18,19,24). The van der Waals surface area contributed by atoms with Gasteiger partial charge in [0.25, 0.3) is 5.56 Å². The van der Waals surface area contributed by atoms with E-state index in [1.54, 1.807) is 18.7 Å². The highest BCUT2D eigenvalue weighted by molar-refractivity contribution is 5.89. The topological polar surface area (TPSA) is 88.3 Å². The second-order valence-electron chi connectivity index (χ2n) is 5.65. The van der Waals surface area contributed by atoms with Crippen molar-refractivity contribution < 1.29 is 9.90 Å². The van der Waals surface area contributed by atoms with Gasteiger partial charge in [-0.3, -0.25) is 9.48 Å². The summed E-state index contributed by atoms with van der Waals surface area (Å²) in [4.78, 5) is 24.8. The molecule has 2 rings (SSSR count). The van der Waals surface area contributed by atoms with E-state index < -0.39 is 6.03 Å². The van der Waals surface area contributed by atoms with Gasteiger partial charge in [-0.15, -0.1) is 0 Å². The van der Waals surface area contributed by atoms with Crippen molar-refractivity contribution in [3.05, 3.63) is 46.4 Å². The lowest BCUT2D eigenvalue weighted by molar-refractivity contribution is 0.237. The summed E-state index contributed by atoms with van der Waals surface area (Å²) in [6.07, 6.45) is 1.18. The van der Waals surface area contributed by atoms with E-state index in [0.717, 1.165) is 5.69 Å². The Bertz CT molecular complexity index is 749. The molecule has 3 N–H and O–H groups in total. The summed E-state index contributed by atoms with van der Waals surface area (Å²) in [5, 5.41) is 14.4. The largest absolute Gasteiger partial charge is 0.396 e. The number of amides is 2. The van der Waals surface area contributed by atoms with Crippen LogP contribution in [0.3, 0.4) is 0 Å². The number of nitrogens with one attached hydrogen (secondary N) is 2. The summed E-state index contributed by atoms with van der Waals surface area (Å²) < 4.78 is 3.22. The monoisotopic (exact) mass is 332 g/mol. The molecule has 0 aliphatic rings. The Balaban J connectivity index is 2.26. The van der Waals surface area contributed by atoms with Crippen LogP contribution < -0.4 is 16.2 Å². The maximum absolute atomic E-state index is 12.7. The first-order valence-electron chi connectivity index (χ1n) is 8.02. The molecule has 0 radical (unpaired) electrons. The van der Waals surface area contributed by atoms with Gasteiger partial charge in [-0.05, 0) is 31.9 Å². The van der Waals surface area contributed by atoms with Crippen LogP contribution in [0.15, 0.2) is 35.1 Å². The number of hydrogen-bond donors (Lipinski definition) is 3. The minimum Gasteiger partial charge on any atom is -0.396 e. The van der Waals surface area contributed by atoms with E-state index >= 15 is 0 Å². The molecule has 1 atom stereocenters. The summed E-state index contributed by atoms with van der Waals surface area (Å²) in [6.45, 7) is 3.71. The van der Waals surface area contributed by atoms with E-state index in [0.29, 0.717) is 18.5 Å². The molecule has 0 aliphatic carbocycles. The minimum absolute atomic E-state index is 0.00393. The molecule has 7 heteroatoms. The molecule has 0 bridgehead atoms. The van der Waals surface area contributed by atoms with Crippen molar-refractivity contribution in [2.45, 2.75) is 32.7 Å². The molecule has 1 heterocycles. The average Bonchev–Trinajstić information content (AvgIpc) is 2.79. The molecule has 0 aliphatic heterocycles. The first-order valence-corrected chi connectivity index (χ1v) is 8.02. The highest BCUT2D eigenvalue weighted by Crippen LogP contribution is 2.13. The number of para-hydroxylation sites is 1. The fourth-order valence-electron chi connectivity index (χ4n) is 2.58. The van der Waals surface area contributed by atoms with E-state index in [2.05, 4.69) is 10.6 Å². The molecule has 2 aromatic rings. The van der Waals surface area contributed by atoms with Gasteiger partial charge in [0, 0.05) is 19.7 Å². The first kappa shape index (κ1) is 17.8. The van der Waals surface area contributed by atoms with Crippen LogP contribution in [0.2, 0.25) is 0 Å². The van der Waals surface area contributed by atoms with Crippen LogP contribution in [-0.2, 0) is 7.05 Å². The summed E-state index contributed by atoms with van der Waals surface area (Å²) in [5.74, 6) is 0. The molecular weight excluding hydrogens is 308 g/mol. The Labute approximate surface area is 140 Å². The second kappa shape index (κ2) is 7.83. The van der Waals surface area contributed by atoms with Gasteiger partial charge in [0.15, 0.2) is 0 Å². The first-order chi connectivity index (χ1) is 11.5. The molecule has 1 aromatic carbocycles. The van der Waals surface area contributed by atoms with Crippen LogP contribution in [0.25, 0.3) is 5.69 Å². The van der Waals surface area contributed by atoms with Crippen molar-refractivity contribution in [3.8, 4) is 5.69 Å². The number of aliphatic hydroxyl groups is 1. The Morgan fingerprint density at radius 2 is 1.96 bits per heavy atom. The average molecular weight is 332 g/mol. The minimum atomic E-state index is -0.443. The van der Waals surface area contributed by atoms with E-state index in [4.69, 9.17) is 5.11 Å². The number of carbonyl (C=O) groups excluding carboxylic acids is 1. The molecule has 2 amide bonds. The van der Waals surface area contributed by atoms with Crippen LogP contribution in [-0.4, -0.2) is 33.1 Å². The van der Waals surface area contributed by atoms with Crippen LogP contribution in [0.1, 0.15) is 25.5 Å². The lowest BCUT2D eigenvalue weighted by Crippen LogP contribution is -2.39. The molecule has 1 unspecified atom stereocenters. The third-order valence-electron chi connectivity index (χ3n) is 4.10. The molecule has 130 valence electrons. The third kappa shape index (κ3) is 3.68. The van der Waals surface area contributed by atoms with Crippen molar-refractivity contribution in [3.63, 3.8) is 0 Å². The lowest BCUT2D eigenvalue weighted by Gasteiger charge is -2.15. The number of hydrogen-bond acceptors (Lipinski definition) is 3. The predicted molar refractivity (Wildman–Crippen MR) is 93.7 cm³/mol. The second-order valence-corrected chi connectivity index (χ2v) is 5.65. The fraction of sp³-hybridized carbons (Fsp3) is 0.412. The number of benzene rings is 1. The summed E-state index contributed by atoms with van der Waals surface area (Å²) >= 11 is 0. The summed E-state index contributed by atoms with van der Waals surface area (Å²) in [7, 11) is 1.77. The molecule has 0 saturated heterocycles.